The van der Waals surface area contributed by atoms with Crippen molar-refractivity contribution < 1.29 is 23.8 Å². The van der Waals surface area contributed by atoms with Crippen molar-refractivity contribution in [1.82, 2.24) is 5.09 Å². The molecule has 62 valence electrons. The minimum absolute atomic E-state index is 0.274. The van der Waals surface area contributed by atoms with Gasteiger partial charge >= 0.3 is 13.5 Å². The van der Waals surface area contributed by atoms with Crippen molar-refractivity contribution in [2.75, 3.05) is 7.05 Å². The zero-order valence-electron chi connectivity index (χ0n) is 4.96. The third-order valence-corrected chi connectivity index (χ3v) is 7.26. The van der Waals surface area contributed by atoms with Crippen LogP contribution in [0.15, 0.2) is 0 Å². The molecule has 0 radical (unpaired) electrons. The molecule has 0 amide bonds. The van der Waals surface area contributed by atoms with Gasteiger partial charge in [0.05, 0.1) is 11.0 Å². The van der Waals surface area contributed by atoms with E-state index in [2.05, 4.69) is 0 Å². The molecule has 6 nitrogen and oxygen atoms in total. The third kappa shape index (κ3) is 5.44. The van der Waals surface area contributed by atoms with E-state index in [0.29, 0.717) is 0 Å². The first kappa shape index (κ1) is 10.7. The molecule has 0 fully saturated rings. The van der Waals surface area contributed by atoms with Crippen molar-refractivity contribution in [2.24, 2.45) is 0 Å². The summed E-state index contributed by atoms with van der Waals surface area (Å²) < 4.78 is 20.6. The third-order valence-electron chi connectivity index (χ3n) is 0.500. The molecule has 9 heteroatoms. The number of hydrogen-bond donors (Lipinski definition) is 4. The van der Waals surface area contributed by atoms with Crippen LogP contribution in [-0.4, -0.2) is 21.7 Å². The molecule has 0 spiro atoms. The Labute approximate surface area is 61.2 Å². The lowest BCUT2D eigenvalue weighted by atomic mass is 11.6. The van der Waals surface area contributed by atoms with Gasteiger partial charge in [-0.05, 0) is 7.05 Å². The first-order chi connectivity index (χ1) is 4.27. The molecule has 0 aliphatic heterocycles. The largest absolute Gasteiger partial charge is 0.394 e. The average Bonchev–Trinajstić information content (AvgIpc) is 1.60. The molecule has 0 saturated heterocycles. The quantitative estimate of drug-likeness (QED) is 0.487. The highest BCUT2D eigenvalue weighted by Gasteiger charge is 2.29. The van der Waals surface area contributed by atoms with Crippen molar-refractivity contribution in [3.63, 3.8) is 0 Å². The molecular formula is CH7NO5P2S. The molecule has 10 heavy (non-hydrogen) atoms. The van der Waals surface area contributed by atoms with Gasteiger partial charge in [-0.25, -0.2) is 9.65 Å². The summed E-state index contributed by atoms with van der Waals surface area (Å²) in [6.45, 7) is -8.35. The zero-order chi connectivity index (χ0) is 8.41. The fourth-order valence-electron chi connectivity index (χ4n) is 0.185. The molecule has 0 rings (SSSR count). The molecule has 0 saturated carbocycles. The predicted molar refractivity (Wildman–Crippen MR) is 38.5 cm³/mol. The minimum atomic E-state index is -4.46. The molecule has 0 aromatic rings. The van der Waals surface area contributed by atoms with E-state index in [-0.39, 0.29) is 11.0 Å². The van der Waals surface area contributed by atoms with Crippen LogP contribution in [0.5, 0.6) is 0 Å². The second-order valence-electron chi connectivity index (χ2n) is 1.32. The Morgan fingerprint density at radius 1 is 1.30 bits per heavy atom. The summed E-state index contributed by atoms with van der Waals surface area (Å²) in [6.07, 6.45) is 0. The van der Waals surface area contributed by atoms with E-state index in [9.17, 15) is 9.13 Å². The Bertz CT molecular complexity index is 198. The molecule has 0 aliphatic rings. The van der Waals surface area contributed by atoms with E-state index in [1.807, 2.05) is 5.09 Å². The van der Waals surface area contributed by atoms with E-state index in [0.717, 1.165) is 7.05 Å². The molecule has 0 aromatic heterocycles. The summed E-state index contributed by atoms with van der Waals surface area (Å²) in [4.78, 5) is 24.9. The lowest BCUT2D eigenvalue weighted by Gasteiger charge is -2.08. The molecule has 1 atom stereocenters. The Morgan fingerprint density at radius 3 is 1.80 bits per heavy atom. The molecule has 0 aliphatic carbocycles. The molecule has 0 bridgehead atoms. The summed E-state index contributed by atoms with van der Waals surface area (Å²) >= 11 is -0.274. The van der Waals surface area contributed by atoms with Gasteiger partial charge < -0.3 is 14.7 Å². The Kier molecular flexibility index (Phi) is 3.58. The average molecular weight is 207 g/mol. The first-order valence-electron chi connectivity index (χ1n) is 2.05. The van der Waals surface area contributed by atoms with Crippen LogP contribution in [0.4, 0.5) is 0 Å². The Morgan fingerprint density at radius 2 is 1.70 bits per heavy atom. The van der Waals surface area contributed by atoms with Crippen molar-refractivity contribution in [3.8, 4) is 0 Å². The highest BCUT2D eigenvalue weighted by molar-refractivity contribution is 8.84. The molecule has 0 heterocycles. The summed E-state index contributed by atoms with van der Waals surface area (Å²) in [7, 11) is 1.14. The maximum absolute atomic E-state index is 10.5. The van der Waals surface area contributed by atoms with Crippen molar-refractivity contribution in [1.29, 1.82) is 0 Å². The van der Waals surface area contributed by atoms with Gasteiger partial charge in [0, 0.05) is 0 Å². The minimum Gasteiger partial charge on any atom is -0.325 e. The fraction of sp³-hybridized carbons (Fsp3) is 1.00. The van der Waals surface area contributed by atoms with Gasteiger partial charge in [-0.2, -0.15) is 0 Å². The van der Waals surface area contributed by atoms with Crippen LogP contribution in [0.2, 0.25) is 0 Å². The second-order valence-corrected chi connectivity index (χ2v) is 8.82. The van der Waals surface area contributed by atoms with Crippen LogP contribution in [0.25, 0.3) is 0 Å². The van der Waals surface area contributed by atoms with Gasteiger partial charge in [0.25, 0.3) is 0 Å². The van der Waals surface area contributed by atoms with Crippen LogP contribution in [0.3, 0.4) is 0 Å². The van der Waals surface area contributed by atoms with Crippen LogP contribution >= 0.6 is 24.5 Å². The van der Waals surface area contributed by atoms with Gasteiger partial charge in [0.2, 0.25) is 0 Å². The lowest BCUT2D eigenvalue weighted by Crippen LogP contribution is -1.97. The maximum Gasteiger partial charge on any atom is 0.394 e. The maximum atomic E-state index is 10.5. The summed E-state index contributed by atoms with van der Waals surface area (Å²) in [6, 6.07) is 0. The van der Waals surface area contributed by atoms with E-state index >= 15 is 0 Å². The Balaban J connectivity index is 4.17. The van der Waals surface area contributed by atoms with Gasteiger partial charge in [0.1, 0.15) is 0 Å². The SMILES string of the molecule is CNP(=O)(O)SP(=O)(O)O. The summed E-state index contributed by atoms with van der Waals surface area (Å²) in [5.74, 6) is 0. The molecule has 4 N–H and O–H groups in total. The van der Waals surface area contributed by atoms with Gasteiger partial charge in [0.15, 0.2) is 0 Å². The van der Waals surface area contributed by atoms with Crippen LogP contribution in [0, 0.1) is 0 Å². The van der Waals surface area contributed by atoms with E-state index < -0.39 is 13.5 Å². The first-order valence-corrected chi connectivity index (χ1v) is 7.35. The smallest absolute Gasteiger partial charge is 0.325 e. The van der Waals surface area contributed by atoms with Crippen molar-refractivity contribution >= 4 is 24.5 Å². The fourth-order valence-corrected chi connectivity index (χ4v) is 4.99. The van der Waals surface area contributed by atoms with E-state index in [4.69, 9.17) is 14.7 Å². The van der Waals surface area contributed by atoms with Gasteiger partial charge in [-0.1, -0.05) is 0 Å². The van der Waals surface area contributed by atoms with Gasteiger partial charge in [-0.15, -0.1) is 0 Å². The van der Waals surface area contributed by atoms with E-state index in [1.54, 1.807) is 0 Å². The van der Waals surface area contributed by atoms with Crippen LogP contribution in [0.1, 0.15) is 0 Å². The van der Waals surface area contributed by atoms with Gasteiger partial charge in [-0.3, -0.25) is 4.57 Å². The van der Waals surface area contributed by atoms with Crippen molar-refractivity contribution in [2.45, 2.75) is 0 Å². The highest BCUT2D eigenvalue weighted by atomic mass is 33.1. The second kappa shape index (κ2) is 3.36. The summed E-state index contributed by atoms with van der Waals surface area (Å²) in [5.41, 5.74) is 0. The number of hydrogen-bond acceptors (Lipinski definition) is 3. The highest BCUT2D eigenvalue weighted by Crippen LogP contribution is 2.69. The standard InChI is InChI=1S/CH7NO5P2S/c1-2-8(3,4)10-9(5,6)7/h1H3,(H2,2,3,4)(H2,5,6,7). The van der Waals surface area contributed by atoms with Crippen molar-refractivity contribution in [3.05, 3.63) is 0 Å². The Hall–Kier alpha value is 0.650. The number of nitrogens with one attached hydrogen (secondary N) is 1. The lowest BCUT2D eigenvalue weighted by molar-refractivity contribution is 0.397. The topological polar surface area (TPSA) is 107 Å². The summed E-state index contributed by atoms with van der Waals surface area (Å²) in [5, 5.41) is 1.88. The molecular weight excluding hydrogens is 200 g/mol. The number of rotatable bonds is 3. The zero-order valence-corrected chi connectivity index (χ0v) is 7.57. The van der Waals surface area contributed by atoms with Crippen LogP contribution in [-0.2, 0) is 9.13 Å². The predicted octanol–water partition coefficient (Wildman–Crippen LogP) is 0.132. The molecule has 0 aromatic carbocycles. The van der Waals surface area contributed by atoms with E-state index in [1.165, 1.54) is 0 Å². The molecule has 1 unspecified atom stereocenters. The normalized spacial score (nSPS) is 18.4. The monoisotopic (exact) mass is 207 g/mol. The van der Waals surface area contributed by atoms with Crippen LogP contribution < -0.4 is 5.09 Å².